The number of hydrogen-bond donors (Lipinski definition) is 3. The highest BCUT2D eigenvalue weighted by Gasteiger charge is 2.18. The number of rotatable bonds is 7. The summed E-state index contributed by atoms with van der Waals surface area (Å²) < 4.78 is 21.1. The molecule has 0 saturated carbocycles. The molecular formula is C21H24ClN3O6S. The molecule has 0 aliphatic heterocycles. The van der Waals surface area contributed by atoms with Crippen LogP contribution in [-0.2, 0) is 4.79 Å². The third kappa shape index (κ3) is 6.38. The average molecular weight is 482 g/mol. The van der Waals surface area contributed by atoms with Crippen molar-refractivity contribution in [3.63, 3.8) is 0 Å². The number of hydrogen-bond acceptors (Lipinski definition) is 7. The molecule has 0 fully saturated rings. The van der Waals surface area contributed by atoms with Crippen LogP contribution in [0.2, 0.25) is 5.02 Å². The number of thiocarbonyl (C=S) groups is 1. The Bertz CT molecular complexity index is 983. The van der Waals surface area contributed by atoms with E-state index in [1.54, 1.807) is 12.1 Å². The maximum Gasteiger partial charge on any atom is 0.276 e. The fourth-order valence-electron chi connectivity index (χ4n) is 2.72. The third-order valence-corrected chi connectivity index (χ3v) is 5.05. The molecule has 0 radical (unpaired) electrons. The lowest BCUT2D eigenvalue weighted by Crippen LogP contribution is -2.49. The van der Waals surface area contributed by atoms with Gasteiger partial charge in [0.25, 0.3) is 11.8 Å². The van der Waals surface area contributed by atoms with Crippen LogP contribution >= 0.6 is 23.8 Å². The molecule has 0 bridgehead atoms. The minimum absolute atomic E-state index is 0.115. The van der Waals surface area contributed by atoms with E-state index in [9.17, 15) is 9.59 Å². The number of benzene rings is 2. The van der Waals surface area contributed by atoms with Crippen LogP contribution in [0.3, 0.4) is 0 Å². The highest BCUT2D eigenvalue weighted by atomic mass is 35.5. The molecule has 32 heavy (non-hydrogen) atoms. The third-order valence-electron chi connectivity index (χ3n) is 4.25. The van der Waals surface area contributed by atoms with Crippen molar-refractivity contribution < 1.29 is 28.5 Å². The van der Waals surface area contributed by atoms with Gasteiger partial charge in [0.05, 0.1) is 21.3 Å². The van der Waals surface area contributed by atoms with Crippen LogP contribution in [0, 0.1) is 13.8 Å². The zero-order valence-corrected chi connectivity index (χ0v) is 19.8. The van der Waals surface area contributed by atoms with Crippen molar-refractivity contribution in [3.8, 4) is 23.0 Å². The first-order valence-corrected chi connectivity index (χ1v) is 10.1. The van der Waals surface area contributed by atoms with Gasteiger partial charge in [-0.05, 0) is 61.5 Å². The van der Waals surface area contributed by atoms with Crippen LogP contribution in [0.4, 0.5) is 0 Å². The van der Waals surface area contributed by atoms with E-state index >= 15 is 0 Å². The molecule has 0 atom stereocenters. The molecule has 2 rings (SSSR count). The van der Waals surface area contributed by atoms with E-state index in [0.717, 1.165) is 11.1 Å². The Labute approximate surface area is 196 Å². The SMILES string of the molecule is COc1cc(C(=O)NC(=S)NNC(=O)COc2cc(C)c(Cl)c(C)c2)cc(OC)c1OC. The molecule has 0 aromatic heterocycles. The number of nitrogens with one attached hydrogen (secondary N) is 3. The number of amides is 2. The Morgan fingerprint density at radius 3 is 2.00 bits per heavy atom. The summed E-state index contributed by atoms with van der Waals surface area (Å²) in [5.41, 5.74) is 6.69. The van der Waals surface area contributed by atoms with Crippen molar-refractivity contribution in [2.24, 2.45) is 0 Å². The maximum atomic E-state index is 12.5. The normalized spacial score (nSPS) is 10.1. The molecule has 0 spiro atoms. The van der Waals surface area contributed by atoms with Gasteiger partial charge in [-0.15, -0.1) is 0 Å². The fourth-order valence-corrected chi connectivity index (χ4v) is 2.97. The molecule has 0 aliphatic carbocycles. The van der Waals surface area contributed by atoms with Crippen molar-refractivity contribution in [1.82, 2.24) is 16.2 Å². The monoisotopic (exact) mass is 481 g/mol. The number of aryl methyl sites for hydroxylation is 2. The number of methoxy groups -OCH3 is 3. The maximum absolute atomic E-state index is 12.5. The number of carbonyl (C=O) groups is 2. The summed E-state index contributed by atoms with van der Waals surface area (Å²) in [7, 11) is 4.34. The molecule has 0 unspecified atom stereocenters. The Balaban J connectivity index is 1.90. The molecular weight excluding hydrogens is 458 g/mol. The summed E-state index contributed by atoms with van der Waals surface area (Å²) in [5, 5.41) is 2.98. The van der Waals surface area contributed by atoms with Gasteiger partial charge in [-0.1, -0.05) is 11.6 Å². The van der Waals surface area contributed by atoms with E-state index in [0.29, 0.717) is 28.0 Å². The molecule has 172 valence electrons. The first-order valence-electron chi connectivity index (χ1n) is 9.29. The van der Waals surface area contributed by atoms with Gasteiger partial charge in [0, 0.05) is 10.6 Å². The summed E-state index contributed by atoms with van der Waals surface area (Å²) in [6.07, 6.45) is 0. The molecule has 2 aromatic carbocycles. The molecule has 3 N–H and O–H groups in total. The largest absolute Gasteiger partial charge is 0.493 e. The van der Waals surface area contributed by atoms with Crippen molar-refractivity contribution in [1.29, 1.82) is 0 Å². The molecule has 0 saturated heterocycles. The van der Waals surface area contributed by atoms with Gasteiger partial charge in [0.2, 0.25) is 5.75 Å². The van der Waals surface area contributed by atoms with Crippen LogP contribution in [0.5, 0.6) is 23.0 Å². The van der Waals surface area contributed by atoms with Gasteiger partial charge in [0.1, 0.15) is 5.75 Å². The summed E-state index contributed by atoms with van der Waals surface area (Å²) >= 11 is 11.2. The second-order valence-corrected chi connectivity index (χ2v) is 7.32. The lowest BCUT2D eigenvalue weighted by Gasteiger charge is -2.15. The van der Waals surface area contributed by atoms with Crippen molar-refractivity contribution in [3.05, 3.63) is 46.0 Å². The summed E-state index contributed by atoms with van der Waals surface area (Å²) in [5.74, 6) is 0.449. The topological polar surface area (TPSA) is 107 Å². The predicted octanol–water partition coefficient (Wildman–Crippen LogP) is 2.70. The molecule has 2 aromatic rings. The zero-order valence-electron chi connectivity index (χ0n) is 18.3. The standard InChI is InChI=1S/C21H24ClN3O6S/c1-11-6-14(7-12(2)18(11)22)31-10-17(26)24-25-21(32)23-20(27)13-8-15(28-3)19(30-5)16(9-13)29-4/h6-9H,10H2,1-5H3,(H,24,26)(H2,23,25,27,32). The van der Waals surface area contributed by atoms with Crippen LogP contribution < -0.4 is 35.1 Å². The Morgan fingerprint density at radius 2 is 1.50 bits per heavy atom. The molecule has 11 heteroatoms. The molecule has 2 amide bonds. The lowest BCUT2D eigenvalue weighted by molar-refractivity contribution is -0.123. The van der Waals surface area contributed by atoms with Crippen LogP contribution in [0.1, 0.15) is 21.5 Å². The molecule has 0 heterocycles. The smallest absolute Gasteiger partial charge is 0.276 e. The summed E-state index contributed by atoms with van der Waals surface area (Å²) in [6.45, 7) is 3.43. The van der Waals surface area contributed by atoms with E-state index in [2.05, 4.69) is 16.2 Å². The lowest BCUT2D eigenvalue weighted by atomic mass is 10.1. The second kappa shape index (κ2) is 11.4. The van der Waals surface area contributed by atoms with E-state index < -0.39 is 11.8 Å². The Kier molecular flexibility index (Phi) is 8.91. The second-order valence-electron chi connectivity index (χ2n) is 6.53. The molecule has 9 nitrogen and oxygen atoms in total. The van der Waals surface area contributed by atoms with Crippen LogP contribution in [0.15, 0.2) is 24.3 Å². The van der Waals surface area contributed by atoms with Gasteiger partial charge < -0.3 is 18.9 Å². The minimum atomic E-state index is -0.542. The quantitative estimate of drug-likeness (QED) is 0.409. The predicted molar refractivity (Wildman–Crippen MR) is 124 cm³/mol. The first-order chi connectivity index (χ1) is 15.2. The van der Waals surface area contributed by atoms with E-state index in [1.807, 2.05) is 13.8 Å². The van der Waals surface area contributed by atoms with Crippen molar-refractivity contribution in [2.75, 3.05) is 27.9 Å². The van der Waals surface area contributed by atoms with E-state index in [-0.39, 0.29) is 17.3 Å². The van der Waals surface area contributed by atoms with Gasteiger partial charge in [-0.25, -0.2) is 0 Å². The molecule has 0 aliphatic rings. The Morgan fingerprint density at radius 1 is 0.938 bits per heavy atom. The number of ether oxygens (including phenoxy) is 4. The average Bonchev–Trinajstić information content (AvgIpc) is 2.78. The Hall–Kier alpha value is -3.24. The number of carbonyl (C=O) groups excluding carboxylic acids is 2. The number of hydrazine groups is 1. The van der Waals surface area contributed by atoms with Gasteiger partial charge >= 0.3 is 0 Å². The van der Waals surface area contributed by atoms with Crippen molar-refractivity contribution >= 4 is 40.7 Å². The van der Waals surface area contributed by atoms with E-state index in [4.69, 9.17) is 42.8 Å². The highest BCUT2D eigenvalue weighted by Crippen LogP contribution is 2.38. The van der Waals surface area contributed by atoms with Crippen LogP contribution in [0.25, 0.3) is 0 Å². The van der Waals surface area contributed by atoms with E-state index in [1.165, 1.54) is 33.5 Å². The van der Waals surface area contributed by atoms with Crippen molar-refractivity contribution in [2.45, 2.75) is 13.8 Å². The van der Waals surface area contributed by atoms with Gasteiger partial charge in [-0.2, -0.15) is 0 Å². The van der Waals surface area contributed by atoms with Crippen LogP contribution in [-0.4, -0.2) is 44.9 Å². The zero-order chi connectivity index (χ0) is 23.8. The van der Waals surface area contributed by atoms with Gasteiger partial charge in [-0.3, -0.25) is 25.8 Å². The van der Waals surface area contributed by atoms with Gasteiger partial charge in [0.15, 0.2) is 23.2 Å². The fraction of sp³-hybridized carbons (Fsp3) is 0.286. The highest BCUT2D eigenvalue weighted by molar-refractivity contribution is 7.80. The minimum Gasteiger partial charge on any atom is -0.493 e. The summed E-state index contributed by atoms with van der Waals surface area (Å²) in [6, 6.07) is 6.42. The first kappa shape index (κ1) is 25.0. The summed E-state index contributed by atoms with van der Waals surface area (Å²) in [4.78, 5) is 24.5. The number of halogens is 1.